The molecule has 1 heterocycles. The third kappa shape index (κ3) is 2.79. The van der Waals surface area contributed by atoms with Crippen molar-refractivity contribution in [1.82, 2.24) is 5.32 Å². The van der Waals surface area contributed by atoms with Crippen LogP contribution >= 0.6 is 0 Å². The maximum atomic E-state index is 5.56. The fourth-order valence-corrected chi connectivity index (χ4v) is 3.47. The Bertz CT molecular complexity index is 443. The molecular weight excluding hydrogens is 234 g/mol. The molecule has 1 saturated carbocycles. The Morgan fingerprint density at radius 1 is 1.26 bits per heavy atom. The normalized spacial score (nSPS) is 29.9. The van der Waals surface area contributed by atoms with E-state index in [2.05, 4.69) is 37.4 Å². The second-order valence-corrected chi connectivity index (χ2v) is 6.30. The van der Waals surface area contributed by atoms with Gasteiger partial charge in [0.05, 0.1) is 6.61 Å². The monoisotopic (exact) mass is 259 g/mol. The third-order valence-corrected chi connectivity index (χ3v) is 5.03. The third-order valence-electron chi connectivity index (χ3n) is 5.03. The van der Waals surface area contributed by atoms with E-state index in [1.807, 2.05) is 0 Å². The zero-order chi connectivity index (χ0) is 13.2. The minimum absolute atomic E-state index is 0.688. The van der Waals surface area contributed by atoms with Gasteiger partial charge >= 0.3 is 0 Å². The average molecular weight is 259 g/mol. The smallest absolute Gasteiger partial charge is 0.122 e. The van der Waals surface area contributed by atoms with Crippen molar-refractivity contribution >= 4 is 0 Å². The minimum atomic E-state index is 0.688. The molecule has 1 aliphatic carbocycles. The van der Waals surface area contributed by atoms with E-state index in [-0.39, 0.29) is 0 Å². The van der Waals surface area contributed by atoms with Gasteiger partial charge in [0.15, 0.2) is 0 Å². The van der Waals surface area contributed by atoms with Crippen molar-refractivity contribution in [3.8, 4) is 5.75 Å². The van der Waals surface area contributed by atoms with Crippen molar-refractivity contribution in [1.29, 1.82) is 0 Å². The lowest BCUT2D eigenvalue weighted by atomic mass is 9.78. The lowest BCUT2D eigenvalue weighted by Crippen LogP contribution is -2.40. The second kappa shape index (κ2) is 5.54. The van der Waals surface area contributed by atoms with Crippen LogP contribution in [0, 0.1) is 11.8 Å². The summed E-state index contributed by atoms with van der Waals surface area (Å²) in [6.45, 7) is 6.64. The number of fused-ring (bicyclic) bond motifs is 1. The molecule has 1 N–H and O–H groups in total. The Labute approximate surface area is 116 Å². The van der Waals surface area contributed by atoms with Crippen LogP contribution in [-0.2, 0) is 13.0 Å². The fourth-order valence-electron chi connectivity index (χ4n) is 3.47. The quantitative estimate of drug-likeness (QED) is 0.896. The summed E-state index contributed by atoms with van der Waals surface area (Å²) in [5.74, 6) is 2.74. The van der Waals surface area contributed by atoms with Crippen LogP contribution in [-0.4, -0.2) is 12.6 Å². The summed E-state index contributed by atoms with van der Waals surface area (Å²) in [5.41, 5.74) is 2.78. The molecule has 2 heteroatoms. The van der Waals surface area contributed by atoms with Crippen LogP contribution in [0.1, 0.15) is 44.2 Å². The predicted molar refractivity (Wildman–Crippen MR) is 78.4 cm³/mol. The number of hydrogen-bond donors (Lipinski definition) is 1. The van der Waals surface area contributed by atoms with Crippen molar-refractivity contribution in [3.05, 3.63) is 29.3 Å². The molecule has 3 unspecified atom stereocenters. The van der Waals surface area contributed by atoms with Gasteiger partial charge < -0.3 is 10.1 Å². The van der Waals surface area contributed by atoms with E-state index in [0.717, 1.165) is 37.2 Å². The Morgan fingerprint density at radius 2 is 2.16 bits per heavy atom. The first-order chi connectivity index (χ1) is 9.24. The van der Waals surface area contributed by atoms with E-state index in [1.54, 1.807) is 0 Å². The van der Waals surface area contributed by atoms with E-state index in [0.29, 0.717) is 6.04 Å². The molecule has 104 valence electrons. The Balaban J connectivity index is 1.60. The highest BCUT2D eigenvalue weighted by Crippen LogP contribution is 2.30. The van der Waals surface area contributed by atoms with Gasteiger partial charge in [-0.1, -0.05) is 38.8 Å². The van der Waals surface area contributed by atoms with E-state index in [9.17, 15) is 0 Å². The van der Waals surface area contributed by atoms with E-state index < -0.39 is 0 Å². The Kier molecular flexibility index (Phi) is 3.79. The molecule has 1 fully saturated rings. The zero-order valence-corrected chi connectivity index (χ0v) is 12.1. The van der Waals surface area contributed by atoms with Crippen molar-refractivity contribution in [2.24, 2.45) is 11.8 Å². The number of rotatable bonds is 3. The maximum absolute atomic E-state index is 5.56. The van der Waals surface area contributed by atoms with Crippen molar-refractivity contribution < 1.29 is 4.74 Å². The predicted octanol–water partition coefficient (Wildman–Crippen LogP) is 3.54. The molecule has 19 heavy (non-hydrogen) atoms. The maximum Gasteiger partial charge on any atom is 0.122 e. The highest BCUT2D eigenvalue weighted by molar-refractivity contribution is 5.39. The first kappa shape index (κ1) is 13.0. The summed E-state index contributed by atoms with van der Waals surface area (Å²) in [6, 6.07) is 7.33. The Hall–Kier alpha value is -1.02. The highest BCUT2D eigenvalue weighted by atomic mass is 16.5. The first-order valence-corrected chi connectivity index (χ1v) is 7.72. The Morgan fingerprint density at radius 3 is 3.05 bits per heavy atom. The summed E-state index contributed by atoms with van der Waals surface area (Å²) in [6.07, 6.45) is 5.18. The summed E-state index contributed by atoms with van der Waals surface area (Å²) in [5, 5.41) is 3.77. The second-order valence-electron chi connectivity index (χ2n) is 6.30. The van der Waals surface area contributed by atoms with Crippen molar-refractivity contribution in [2.45, 2.75) is 52.1 Å². The standard InChI is InChI=1S/C17H25NO/c1-12-4-3-5-16(13(12)2)18-11-14-6-7-17-15(10-14)8-9-19-17/h6-7,10,12-13,16,18H,3-5,8-9,11H2,1-2H3. The van der Waals surface area contributed by atoms with Gasteiger partial charge in [-0.05, 0) is 35.4 Å². The molecule has 0 bridgehead atoms. The van der Waals surface area contributed by atoms with E-state index in [1.165, 1.54) is 30.4 Å². The summed E-state index contributed by atoms with van der Waals surface area (Å²) >= 11 is 0. The molecule has 2 aliphatic rings. The van der Waals surface area contributed by atoms with Gasteiger partial charge in [0, 0.05) is 19.0 Å². The van der Waals surface area contributed by atoms with Crippen LogP contribution < -0.4 is 10.1 Å². The van der Waals surface area contributed by atoms with Crippen LogP contribution in [0.5, 0.6) is 5.75 Å². The molecule has 0 saturated heterocycles. The van der Waals surface area contributed by atoms with Crippen LogP contribution in [0.2, 0.25) is 0 Å². The van der Waals surface area contributed by atoms with Gasteiger partial charge in [-0.25, -0.2) is 0 Å². The largest absolute Gasteiger partial charge is 0.493 e. The van der Waals surface area contributed by atoms with Crippen LogP contribution in [0.25, 0.3) is 0 Å². The molecule has 3 rings (SSSR count). The molecule has 1 aromatic carbocycles. The number of hydrogen-bond acceptors (Lipinski definition) is 2. The molecule has 1 aromatic rings. The van der Waals surface area contributed by atoms with Crippen LogP contribution in [0.15, 0.2) is 18.2 Å². The first-order valence-electron chi connectivity index (χ1n) is 7.72. The number of nitrogens with one attached hydrogen (secondary N) is 1. The van der Waals surface area contributed by atoms with Crippen LogP contribution in [0.3, 0.4) is 0 Å². The minimum Gasteiger partial charge on any atom is -0.493 e. The molecule has 0 aromatic heterocycles. The van der Waals surface area contributed by atoms with Crippen LogP contribution in [0.4, 0.5) is 0 Å². The van der Waals surface area contributed by atoms with Gasteiger partial charge in [-0.3, -0.25) is 0 Å². The molecule has 0 spiro atoms. The zero-order valence-electron chi connectivity index (χ0n) is 12.1. The van der Waals surface area contributed by atoms with E-state index in [4.69, 9.17) is 4.74 Å². The van der Waals surface area contributed by atoms with Gasteiger partial charge in [0.1, 0.15) is 5.75 Å². The van der Waals surface area contributed by atoms with Gasteiger partial charge in [-0.15, -0.1) is 0 Å². The van der Waals surface area contributed by atoms with Gasteiger partial charge in [-0.2, -0.15) is 0 Å². The molecule has 0 radical (unpaired) electrons. The SMILES string of the molecule is CC1CCCC(NCc2ccc3c(c2)CCO3)C1C. The summed E-state index contributed by atoms with van der Waals surface area (Å²) in [4.78, 5) is 0. The molecule has 2 nitrogen and oxygen atoms in total. The lowest BCUT2D eigenvalue weighted by molar-refractivity contribution is 0.206. The molecular formula is C17H25NO. The summed E-state index contributed by atoms with van der Waals surface area (Å²) in [7, 11) is 0. The molecule has 0 amide bonds. The van der Waals surface area contributed by atoms with Crippen molar-refractivity contribution in [2.75, 3.05) is 6.61 Å². The number of benzene rings is 1. The van der Waals surface area contributed by atoms with Gasteiger partial charge in [0.2, 0.25) is 0 Å². The molecule has 3 atom stereocenters. The van der Waals surface area contributed by atoms with Gasteiger partial charge in [0.25, 0.3) is 0 Å². The lowest BCUT2D eigenvalue weighted by Gasteiger charge is -2.34. The van der Waals surface area contributed by atoms with E-state index >= 15 is 0 Å². The average Bonchev–Trinajstić information content (AvgIpc) is 2.88. The highest BCUT2D eigenvalue weighted by Gasteiger charge is 2.26. The number of ether oxygens (including phenoxy) is 1. The van der Waals surface area contributed by atoms with Crippen molar-refractivity contribution in [3.63, 3.8) is 0 Å². The molecule has 1 aliphatic heterocycles. The fraction of sp³-hybridized carbons (Fsp3) is 0.647. The summed E-state index contributed by atoms with van der Waals surface area (Å²) < 4.78 is 5.56. The topological polar surface area (TPSA) is 21.3 Å².